The lowest BCUT2D eigenvalue weighted by Crippen LogP contribution is -2.49. The number of rotatable bonds is 4. The van der Waals surface area contributed by atoms with Crippen molar-refractivity contribution in [2.24, 2.45) is 0 Å². The molecule has 1 saturated heterocycles. The summed E-state index contributed by atoms with van der Waals surface area (Å²) in [6.07, 6.45) is 1.98. The SMILES string of the molecule is CNCc1ccc(CN2CCN(C)C(C)C2)nc1. The van der Waals surface area contributed by atoms with Gasteiger partial charge < -0.3 is 10.2 Å². The van der Waals surface area contributed by atoms with Crippen molar-refractivity contribution in [2.45, 2.75) is 26.1 Å². The van der Waals surface area contributed by atoms with E-state index in [-0.39, 0.29) is 0 Å². The van der Waals surface area contributed by atoms with Gasteiger partial charge in [0.05, 0.1) is 5.69 Å². The number of nitrogens with zero attached hydrogens (tertiary/aromatic N) is 3. The van der Waals surface area contributed by atoms with E-state index >= 15 is 0 Å². The average molecular weight is 248 g/mol. The zero-order valence-corrected chi connectivity index (χ0v) is 11.7. The van der Waals surface area contributed by atoms with E-state index < -0.39 is 0 Å². The molecule has 2 heterocycles. The normalized spacial score (nSPS) is 22.3. The second kappa shape index (κ2) is 6.27. The molecular formula is C14H24N4. The monoisotopic (exact) mass is 248 g/mol. The fraction of sp³-hybridized carbons (Fsp3) is 0.643. The van der Waals surface area contributed by atoms with Crippen molar-refractivity contribution in [3.8, 4) is 0 Å². The van der Waals surface area contributed by atoms with Crippen LogP contribution in [0.3, 0.4) is 0 Å². The van der Waals surface area contributed by atoms with E-state index in [1.807, 2.05) is 13.2 Å². The Morgan fingerprint density at radius 1 is 1.39 bits per heavy atom. The zero-order chi connectivity index (χ0) is 13.0. The lowest BCUT2D eigenvalue weighted by Gasteiger charge is -2.37. The highest BCUT2D eigenvalue weighted by Crippen LogP contribution is 2.10. The lowest BCUT2D eigenvalue weighted by molar-refractivity contribution is 0.0990. The van der Waals surface area contributed by atoms with E-state index in [9.17, 15) is 0 Å². The Bertz CT molecular complexity index is 363. The number of hydrogen-bond donors (Lipinski definition) is 1. The van der Waals surface area contributed by atoms with Crippen molar-refractivity contribution in [1.29, 1.82) is 0 Å². The minimum Gasteiger partial charge on any atom is -0.316 e. The highest BCUT2D eigenvalue weighted by atomic mass is 15.3. The molecule has 1 atom stereocenters. The third-order valence-electron chi connectivity index (χ3n) is 3.70. The molecular weight excluding hydrogens is 224 g/mol. The van der Waals surface area contributed by atoms with Gasteiger partial charge in [-0.2, -0.15) is 0 Å². The predicted molar refractivity (Wildman–Crippen MR) is 74.4 cm³/mol. The summed E-state index contributed by atoms with van der Waals surface area (Å²) in [5.74, 6) is 0. The average Bonchev–Trinajstić information content (AvgIpc) is 2.37. The molecule has 4 heteroatoms. The fourth-order valence-electron chi connectivity index (χ4n) is 2.35. The van der Waals surface area contributed by atoms with Gasteiger partial charge in [-0.05, 0) is 32.6 Å². The van der Waals surface area contributed by atoms with Gasteiger partial charge in [0.2, 0.25) is 0 Å². The number of nitrogens with one attached hydrogen (secondary N) is 1. The first-order valence-electron chi connectivity index (χ1n) is 6.70. The van der Waals surface area contributed by atoms with Crippen LogP contribution in [0.1, 0.15) is 18.2 Å². The quantitative estimate of drug-likeness (QED) is 0.859. The van der Waals surface area contributed by atoms with E-state index in [0.717, 1.165) is 32.7 Å². The third kappa shape index (κ3) is 3.51. The number of piperazine rings is 1. The molecule has 0 radical (unpaired) electrons. The molecule has 1 aliphatic heterocycles. The van der Waals surface area contributed by atoms with E-state index in [4.69, 9.17) is 0 Å². The standard InChI is InChI=1S/C14H24N4/c1-12-10-18(7-6-17(12)3)11-14-5-4-13(8-15-2)9-16-14/h4-5,9,12,15H,6-8,10-11H2,1-3H3. The Balaban J connectivity index is 1.89. The zero-order valence-electron chi connectivity index (χ0n) is 11.7. The highest BCUT2D eigenvalue weighted by Gasteiger charge is 2.20. The first-order valence-corrected chi connectivity index (χ1v) is 6.70. The largest absolute Gasteiger partial charge is 0.316 e. The summed E-state index contributed by atoms with van der Waals surface area (Å²) in [7, 11) is 4.16. The van der Waals surface area contributed by atoms with E-state index in [0.29, 0.717) is 6.04 Å². The maximum atomic E-state index is 4.54. The van der Waals surface area contributed by atoms with Crippen molar-refractivity contribution in [3.05, 3.63) is 29.6 Å². The van der Waals surface area contributed by atoms with Gasteiger partial charge in [0.25, 0.3) is 0 Å². The molecule has 1 fully saturated rings. The molecule has 1 N–H and O–H groups in total. The van der Waals surface area contributed by atoms with Crippen LogP contribution < -0.4 is 5.32 Å². The Hall–Kier alpha value is -0.970. The summed E-state index contributed by atoms with van der Waals surface area (Å²) in [5.41, 5.74) is 2.42. The first kappa shape index (κ1) is 13.5. The summed E-state index contributed by atoms with van der Waals surface area (Å²) in [6.45, 7) is 7.57. The lowest BCUT2D eigenvalue weighted by atomic mass is 10.2. The van der Waals surface area contributed by atoms with Gasteiger partial charge in [0.15, 0.2) is 0 Å². The van der Waals surface area contributed by atoms with Crippen LogP contribution in [0.2, 0.25) is 0 Å². The van der Waals surface area contributed by atoms with Gasteiger partial charge in [-0.3, -0.25) is 9.88 Å². The van der Waals surface area contributed by atoms with Gasteiger partial charge >= 0.3 is 0 Å². The molecule has 0 spiro atoms. The molecule has 100 valence electrons. The number of aromatic nitrogens is 1. The number of pyridine rings is 1. The third-order valence-corrected chi connectivity index (χ3v) is 3.70. The van der Waals surface area contributed by atoms with E-state index in [1.165, 1.54) is 11.3 Å². The van der Waals surface area contributed by atoms with Crippen LogP contribution >= 0.6 is 0 Å². The van der Waals surface area contributed by atoms with Crippen molar-refractivity contribution in [2.75, 3.05) is 33.7 Å². The van der Waals surface area contributed by atoms with Crippen LogP contribution in [0, 0.1) is 0 Å². The van der Waals surface area contributed by atoms with Crippen LogP contribution in [0.25, 0.3) is 0 Å². The molecule has 1 unspecified atom stereocenters. The minimum absolute atomic E-state index is 0.641. The Morgan fingerprint density at radius 2 is 2.22 bits per heavy atom. The van der Waals surface area contributed by atoms with Gasteiger partial charge in [0, 0.05) is 45.0 Å². The van der Waals surface area contributed by atoms with Crippen molar-refractivity contribution in [1.82, 2.24) is 20.1 Å². The molecule has 1 aromatic rings. The second-order valence-electron chi connectivity index (χ2n) is 5.25. The number of hydrogen-bond acceptors (Lipinski definition) is 4. The van der Waals surface area contributed by atoms with Crippen LogP contribution in [0.5, 0.6) is 0 Å². The molecule has 0 aromatic carbocycles. The van der Waals surface area contributed by atoms with E-state index in [2.05, 4.69) is 46.2 Å². The van der Waals surface area contributed by atoms with Crippen molar-refractivity contribution >= 4 is 0 Å². The molecule has 1 aromatic heterocycles. The maximum Gasteiger partial charge on any atom is 0.0544 e. The fourth-order valence-corrected chi connectivity index (χ4v) is 2.35. The molecule has 0 aliphatic carbocycles. The summed E-state index contributed by atoms with van der Waals surface area (Å²) < 4.78 is 0. The van der Waals surface area contributed by atoms with Crippen LogP contribution in [0.4, 0.5) is 0 Å². The summed E-state index contributed by atoms with van der Waals surface area (Å²) in [5, 5.41) is 3.14. The van der Waals surface area contributed by atoms with Crippen LogP contribution in [0.15, 0.2) is 18.3 Å². The molecule has 1 aliphatic rings. The van der Waals surface area contributed by atoms with Crippen molar-refractivity contribution < 1.29 is 0 Å². The highest BCUT2D eigenvalue weighted by molar-refractivity contribution is 5.14. The molecule has 0 saturated carbocycles. The van der Waals surface area contributed by atoms with Gasteiger partial charge in [-0.1, -0.05) is 6.07 Å². The summed E-state index contributed by atoms with van der Waals surface area (Å²) in [6, 6.07) is 4.95. The second-order valence-corrected chi connectivity index (χ2v) is 5.25. The maximum absolute atomic E-state index is 4.54. The van der Waals surface area contributed by atoms with Gasteiger partial charge in [0.1, 0.15) is 0 Å². The molecule has 2 rings (SSSR count). The van der Waals surface area contributed by atoms with Crippen LogP contribution in [-0.4, -0.2) is 54.6 Å². The summed E-state index contributed by atoms with van der Waals surface area (Å²) in [4.78, 5) is 9.45. The molecule has 0 amide bonds. The Kier molecular flexibility index (Phi) is 4.69. The Labute approximate surface area is 110 Å². The summed E-state index contributed by atoms with van der Waals surface area (Å²) >= 11 is 0. The van der Waals surface area contributed by atoms with Crippen molar-refractivity contribution in [3.63, 3.8) is 0 Å². The molecule has 0 bridgehead atoms. The minimum atomic E-state index is 0.641. The number of likely N-dealkylation sites (N-methyl/N-ethyl adjacent to an activating group) is 1. The van der Waals surface area contributed by atoms with Gasteiger partial charge in [-0.25, -0.2) is 0 Å². The Morgan fingerprint density at radius 3 is 2.83 bits per heavy atom. The molecule has 18 heavy (non-hydrogen) atoms. The van der Waals surface area contributed by atoms with Crippen LogP contribution in [-0.2, 0) is 13.1 Å². The topological polar surface area (TPSA) is 31.4 Å². The molecule has 4 nitrogen and oxygen atoms in total. The van der Waals surface area contributed by atoms with E-state index in [1.54, 1.807) is 0 Å². The first-order chi connectivity index (χ1) is 8.69. The van der Waals surface area contributed by atoms with Gasteiger partial charge in [-0.15, -0.1) is 0 Å². The predicted octanol–water partition coefficient (Wildman–Crippen LogP) is 0.937. The smallest absolute Gasteiger partial charge is 0.0544 e.